The van der Waals surface area contributed by atoms with E-state index in [-0.39, 0.29) is 24.0 Å². The number of likely N-dealkylation sites (tertiary alicyclic amines) is 1. The molecule has 1 aromatic carbocycles. The van der Waals surface area contributed by atoms with Crippen LogP contribution in [0, 0.1) is 0 Å². The summed E-state index contributed by atoms with van der Waals surface area (Å²) >= 11 is 0. The molecular weight excluding hydrogens is 455 g/mol. The summed E-state index contributed by atoms with van der Waals surface area (Å²) in [5, 5.41) is 6.86. The summed E-state index contributed by atoms with van der Waals surface area (Å²) in [5.74, 6) is 2.44. The first-order valence-electron chi connectivity index (χ1n) is 9.68. The molecular formula is C20H35IN4O2. The summed E-state index contributed by atoms with van der Waals surface area (Å²) in [6.45, 7) is 8.98. The average molecular weight is 490 g/mol. The highest BCUT2D eigenvalue weighted by Crippen LogP contribution is 2.25. The van der Waals surface area contributed by atoms with Crippen LogP contribution in [0.5, 0.6) is 11.5 Å². The van der Waals surface area contributed by atoms with Gasteiger partial charge in [0.15, 0.2) is 5.96 Å². The van der Waals surface area contributed by atoms with Gasteiger partial charge < -0.3 is 20.1 Å². The molecule has 6 nitrogen and oxygen atoms in total. The van der Waals surface area contributed by atoms with Gasteiger partial charge in [0.25, 0.3) is 0 Å². The fourth-order valence-corrected chi connectivity index (χ4v) is 3.41. The second-order valence-corrected chi connectivity index (χ2v) is 6.53. The predicted octanol–water partition coefficient (Wildman–Crippen LogP) is 3.25. The van der Waals surface area contributed by atoms with Crippen molar-refractivity contribution in [3.63, 3.8) is 0 Å². The van der Waals surface area contributed by atoms with E-state index >= 15 is 0 Å². The highest BCUT2D eigenvalue weighted by molar-refractivity contribution is 14.0. The zero-order valence-corrected chi connectivity index (χ0v) is 19.4. The summed E-state index contributed by atoms with van der Waals surface area (Å²) < 4.78 is 10.7. The van der Waals surface area contributed by atoms with Gasteiger partial charge in [0, 0.05) is 30.8 Å². The minimum Gasteiger partial charge on any atom is -0.497 e. The van der Waals surface area contributed by atoms with Crippen LogP contribution in [0.3, 0.4) is 0 Å². The van der Waals surface area contributed by atoms with Gasteiger partial charge in [0.2, 0.25) is 0 Å². The lowest BCUT2D eigenvalue weighted by Gasteiger charge is -2.35. The Kier molecular flexibility index (Phi) is 11.5. The zero-order valence-electron chi connectivity index (χ0n) is 17.1. The van der Waals surface area contributed by atoms with Gasteiger partial charge in [-0.15, -0.1) is 24.0 Å². The van der Waals surface area contributed by atoms with Crippen LogP contribution in [0.1, 0.15) is 38.7 Å². The Bertz CT molecular complexity index is 583. The van der Waals surface area contributed by atoms with Gasteiger partial charge in [-0.3, -0.25) is 4.90 Å². The van der Waals surface area contributed by atoms with Gasteiger partial charge >= 0.3 is 0 Å². The summed E-state index contributed by atoms with van der Waals surface area (Å²) in [5.41, 5.74) is 1.04. The fourth-order valence-electron chi connectivity index (χ4n) is 3.41. The van der Waals surface area contributed by atoms with E-state index in [4.69, 9.17) is 14.5 Å². The van der Waals surface area contributed by atoms with Crippen molar-refractivity contribution >= 4 is 29.9 Å². The lowest BCUT2D eigenvalue weighted by Crippen LogP contribution is -2.49. The van der Waals surface area contributed by atoms with Crippen LogP contribution >= 0.6 is 24.0 Å². The molecule has 1 atom stereocenters. The molecule has 1 aliphatic rings. The van der Waals surface area contributed by atoms with E-state index in [1.165, 1.54) is 25.8 Å². The van der Waals surface area contributed by atoms with Crippen molar-refractivity contribution in [2.24, 2.45) is 4.99 Å². The molecule has 1 aliphatic heterocycles. The molecule has 0 aromatic heterocycles. The predicted molar refractivity (Wildman–Crippen MR) is 123 cm³/mol. The second-order valence-electron chi connectivity index (χ2n) is 6.53. The smallest absolute Gasteiger partial charge is 0.191 e. The lowest BCUT2D eigenvalue weighted by atomic mass is 10.0. The maximum absolute atomic E-state index is 5.47. The van der Waals surface area contributed by atoms with Crippen LogP contribution in [-0.4, -0.2) is 57.3 Å². The number of halogens is 1. The molecule has 0 saturated carbocycles. The highest BCUT2D eigenvalue weighted by atomic mass is 127. The molecule has 2 rings (SSSR count). The molecule has 27 heavy (non-hydrogen) atoms. The Hall–Kier alpha value is -1.22. The Labute approximate surface area is 181 Å². The zero-order chi connectivity index (χ0) is 18.8. The first kappa shape index (κ1) is 23.8. The van der Waals surface area contributed by atoms with E-state index in [0.29, 0.717) is 12.6 Å². The molecule has 0 radical (unpaired) electrons. The van der Waals surface area contributed by atoms with Crippen LogP contribution in [-0.2, 0) is 6.54 Å². The van der Waals surface area contributed by atoms with Crippen molar-refractivity contribution in [2.75, 3.05) is 40.4 Å². The van der Waals surface area contributed by atoms with Crippen LogP contribution in [0.15, 0.2) is 23.2 Å². The van der Waals surface area contributed by atoms with Crippen LogP contribution in [0.25, 0.3) is 0 Å². The third-order valence-corrected chi connectivity index (χ3v) is 4.91. The van der Waals surface area contributed by atoms with Crippen molar-refractivity contribution in [2.45, 2.75) is 45.7 Å². The first-order chi connectivity index (χ1) is 12.7. The average Bonchev–Trinajstić information content (AvgIpc) is 2.70. The molecule has 1 fully saturated rings. The van der Waals surface area contributed by atoms with Crippen molar-refractivity contribution in [3.05, 3.63) is 23.8 Å². The van der Waals surface area contributed by atoms with E-state index in [1.54, 1.807) is 14.2 Å². The number of ether oxygens (including phenoxy) is 2. The molecule has 0 bridgehead atoms. The topological polar surface area (TPSA) is 58.1 Å². The minimum absolute atomic E-state index is 0. The number of likely N-dealkylation sites (N-methyl/N-ethyl adjacent to an activating group) is 1. The number of aliphatic imine (C=N–C) groups is 1. The maximum atomic E-state index is 5.47. The quantitative estimate of drug-likeness (QED) is 0.333. The number of guanidine groups is 1. The van der Waals surface area contributed by atoms with Gasteiger partial charge in [-0.05, 0) is 45.0 Å². The van der Waals surface area contributed by atoms with E-state index in [2.05, 4.69) is 29.4 Å². The summed E-state index contributed by atoms with van der Waals surface area (Å²) in [6, 6.07) is 6.43. The fraction of sp³-hybridized carbons (Fsp3) is 0.650. The van der Waals surface area contributed by atoms with E-state index in [9.17, 15) is 0 Å². The number of hydrogen-bond acceptors (Lipinski definition) is 4. The number of hydrogen-bond donors (Lipinski definition) is 2. The Balaban J connectivity index is 0.00000364. The molecule has 1 unspecified atom stereocenters. The van der Waals surface area contributed by atoms with E-state index < -0.39 is 0 Å². The molecule has 154 valence electrons. The Morgan fingerprint density at radius 2 is 2.00 bits per heavy atom. The molecule has 0 spiro atoms. The molecule has 1 aromatic rings. The molecule has 0 aliphatic carbocycles. The van der Waals surface area contributed by atoms with Crippen molar-refractivity contribution in [1.29, 1.82) is 0 Å². The molecule has 1 saturated heterocycles. The molecule has 0 amide bonds. The highest BCUT2D eigenvalue weighted by Gasteiger charge is 2.20. The van der Waals surface area contributed by atoms with E-state index in [0.717, 1.165) is 42.7 Å². The van der Waals surface area contributed by atoms with Gasteiger partial charge in [-0.2, -0.15) is 0 Å². The van der Waals surface area contributed by atoms with Gasteiger partial charge in [0.05, 0.1) is 20.8 Å². The lowest BCUT2D eigenvalue weighted by molar-refractivity contribution is 0.157. The standard InChI is InChI=1S/C20H34N4O2.HI/c1-5-21-20(23-15-17-9-7-8-12-24(17)6-2)22-14-16-10-11-18(25-3)13-19(16)26-4;/h10-11,13,17H,5-9,12,14-15H2,1-4H3,(H2,21,22,23);1H. The van der Waals surface area contributed by atoms with Crippen LogP contribution < -0.4 is 20.1 Å². The number of methoxy groups -OCH3 is 2. The number of nitrogens with zero attached hydrogens (tertiary/aromatic N) is 2. The summed E-state index contributed by atoms with van der Waals surface area (Å²) in [7, 11) is 3.33. The van der Waals surface area contributed by atoms with Crippen molar-refractivity contribution < 1.29 is 9.47 Å². The number of benzene rings is 1. The Morgan fingerprint density at radius 3 is 2.67 bits per heavy atom. The van der Waals surface area contributed by atoms with Crippen molar-refractivity contribution in [3.8, 4) is 11.5 Å². The monoisotopic (exact) mass is 490 g/mol. The van der Waals surface area contributed by atoms with Crippen molar-refractivity contribution in [1.82, 2.24) is 15.5 Å². The Morgan fingerprint density at radius 1 is 1.19 bits per heavy atom. The first-order valence-corrected chi connectivity index (χ1v) is 9.68. The molecule has 1 heterocycles. The third-order valence-electron chi connectivity index (χ3n) is 4.91. The largest absolute Gasteiger partial charge is 0.497 e. The van der Waals surface area contributed by atoms with E-state index in [1.807, 2.05) is 18.2 Å². The van der Waals surface area contributed by atoms with Gasteiger partial charge in [-0.1, -0.05) is 13.3 Å². The molecule has 2 N–H and O–H groups in total. The minimum atomic E-state index is 0. The number of piperidine rings is 1. The van der Waals surface area contributed by atoms with Gasteiger partial charge in [0.1, 0.15) is 11.5 Å². The molecule has 7 heteroatoms. The summed E-state index contributed by atoms with van der Waals surface area (Å²) in [6.07, 6.45) is 3.89. The number of nitrogens with one attached hydrogen (secondary N) is 2. The maximum Gasteiger partial charge on any atom is 0.191 e. The normalized spacial score (nSPS) is 17.8. The second kappa shape index (κ2) is 13.0. The van der Waals surface area contributed by atoms with Gasteiger partial charge in [-0.25, -0.2) is 4.99 Å². The number of rotatable bonds is 8. The summed E-state index contributed by atoms with van der Waals surface area (Å²) in [4.78, 5) is 7.30. The SMILES string of the molecule is CCNC(=NCc1ccc(OC)cc1OC)NCC1CCCCN1CC.I. The van der Waals surface area contributed by atoms with Crippen LogP contribution in [0.2, 0.25) is 0 Å². The van der Waals surface area contributed by atoms with Crippen LogP contribution in [0.4, 0.5) is 0 Å². The third kappa shape index (κ3) is 7.37.